The van der Waals surface area contributed by atoms with Crippen molar-refractivity contribution in [1.29, 1.82) is 0 Å². The summed E-state index contributed by atoms with van der Waals surface area (Å²) in [4.78, 5) is 0. The van der Waals surface area contributed by atoms with Crippen LogP contribution in [0.1, 0.15) is 51.4 Å². The quantitative estimate of drug-likeness (QED) is 0.676. The van der Waals surface area contributed by atoms with Gasteiger partial charge in [0.25, 0.3) is 0 Å². The van der Waals surface area contributed by atoms with Crippen molar-refractivity contribution < 1.29 is 0 Å². The topological polar surface area (TPSA) is 36.8 Å². The van der Waals surface area contributed by atoms with Crippen molar-refractivity contribution in [1.82, 2.24) is 5.32 Å². The summed E-state index contributed by atoms with van der Waals surface area (Å²) in [6.07, 6.45) is 10.7. The zero-order valence-corrected chi connectivity index (χ0v) is 8.91. The zero-order valence-electron chi connectivity index (χ0n) is 8.91. The molecule has 3 heteroatoms. The lowest BCUT2D eigenvalue weighted by Gasteiger charge is -2.20. The fraction of sp³-hybridized carbons (Fsp3) is 1.00. The Balaban J connectivity index is 1.73. The second-order valence-corrected chi connectivity index (χ2v) is 4.49. The van der Waals surface area contributed by atoms with Crippen molar-refractivity contribution in [3.63, 3.8) is 0 Å². The number of hydrogen-bond acceptors (Lipinski definition) is 3. The molecule has 0 aromatic heterocycles. The summed E-state index contributed by atoms with van der Waals surface area (Å²) in [6, 6.07) is 0.535. The van der Waals surface area contributed by atoms with Gasteiger partial charge in [-0.05, 0) is 38.6 Å². The average molecular weight is 195 g/mol. The van der Waals surface area contributed by atoms with Gasteiger partial charge in [-0.2, -0.15) is 10.2 Å². The Hall–Kier alpha value is -0.440. The van der Waals surface area contributed by atoms with E-state index in [0.29, 0.717) is 12.2 Å². The maximum Gasteiger partial charge on any atom is 0.120 e. The van der Waals surface area contributed by atoms with Gasteiger partial charge in [-0.3, -0.25) is 5.32 Å². The minimum absolute atomic E-state index is 0.325. The molecule has 0 aromatic rings. The molecule has 1 N–H and O–H groups in total. The van der Waals surface area contributed by atoms with E-state index in [1.54, 1.807) is 0 Å². The van der Waals surface area contributed by atoms with Gasteiger partial charge in [0.05, 0.1) is 6.04 Å². The second kappa shape index (κ2) is 5.44. The zero-order chi connectivity index (χ0) is 9.64. The van der Waals surface area contributed by atoms with Crippen LogP contribution in [0.15, 0.2) is 10.2 Å². The van der Waals surface area contributed by atoms with Gasteiger partial charge < -0.3 is 0 Å². The molecule has 0 bridgehead atoms. The summed E-state index contributed by atoms with van der Waals surface area (Å²) in [5.74, 6) is 0. The van der Waals surface area contributed by atoms with Crippen LogP contribution >= 0.6 is 0 Å². The fourth-order valence-corrected chi connectivity index (χ4v) is 2.30. The Morgan fingerprint density at radius 2 is 1.57 bits per heavy atom. The van der Waals surface area contributed by atoms with Gasteiger partial charge in [0, 0.05) is 0 Å². The summed E-state index contributed by atoms with van der Waals surface area (Å²) >= 11 is 0. The third-order valence-electron chi connectivity index (χ3n) is 3.23. The summed E-state index contributed by atoms with van der Waals surface area (Å²) in [7, 11) is 0. The van der Waals surface area contributed by atoms with Crippen molar-refractivity contribution in [3.8, 4) is 0 Å². The van der Waals surface area contributed by atoms with Gasteiger partial charge >= 0.3 is 0 Å². The largest absolute Gasteiger partial charge is 0.294 e. The van der Waals surface area contributed by atoms with E-state index in [2.05, 4.69) is 15.5 Å². The van der Waals surface area contributed by atoms with E-state index < -0.39 is 0 Å². The first-order chi connectivity index (χ1) is 6.95. The maximum atomic E-state index is 4.47. The van der Waals surface area contributed by atoms with E-state index >= 15 is 0 Å². The van der Waals surface area contributed by atoms with E-state index in [9.17, 15) is 0 Å². The summed E-state index contributed by atoms with van der Waals surface area (Å²) in [5.41, 5.74) is 0. The third-order valence-corrected chi connectivity index (χ3v) is 3.23. The second-order valence-electron chi connectivity index (χ2n) is 4.49. The third kappa shape index (κ3) is 3.05. The molecule has 80 valence electrons. The van der Waals surface area contributed by atoms with Gasteiger partial charge in [0.1, 0.15) is 6.17 Å². The Labute approximate surface area is 86.4 Å². The number of rotatable bonds is 2. The molecule has 1 saturated heterocycles. The number of hydrogen-bond donors (Lipinski definition) is 1. The number of azo groups is 1. The maximum absolute atomic E-state index is 4.47. The highest BCUT2D eigenvalue weighted by Crippen LogP contribution is 2.21. The van der Waals surface area contributed by atoms with Crippen LogP contribution in [0, 0.1) is 0 Å². The SMILES string of the molecule is C1CCC(N=NC2CCCCN2)CC1. The predicted octanol–water partition coefficient (Wildman–Crippen LogP) is 2.87. The minimum atomic E-state index is 0.325. The molecule has 1 heterocycles. The van der Waals surface area contributed by atoms with Gasteiger partial charge in [-0.25, -0.2) is 0 Å². The van der Waals surface area contributed by atoms with Crippen LogP contribution in [0.3, 0.4) is 0 Å². The monoisotopic (exact) mass is 195 g/mol. The Morgan fingerprint density at radius 3 is 2.29 bits per heavy atom. The first-order valence-electron chi connectivity index (χ1n) is 6.08. The molecule has 2 fully saturated rings. The standard InChI is InChI=1S/C11H21N3/c1-2-6-10(7-3-1)13-14-11-8-4-5-9-12-11/h10-12H,1-9H2. The fourth-order valence-electron chi connectivity index (χ4n) is 2.30. The molecule has 1 saturated carbocycles. The number of nitrogens with zero attached hydrogens (tertiary/aromatic N) is 2. The lowest BCUT2D eigenvalue weighted by atomic mass is 9.96. The van der Waals surface area contributed by atoms with Crippen LogP contribution in [0.25, 0.3) is 0 Å². The van der Waals surface area contributed by atoms with Crippen LogP contribution in [0.4, 0.5) is 0 Å². The highest BCUT2D eigenvalue weighted by atomic mass is 15.2. The summed E-state index contributed by atoms with van der Waals surface area (Å²) in [6.45, 7) is 1.12. The van der Waals surface area contributed by atoms with Gasteiger partial charge in [-0.15, -0.1) is 0 Å². The van der Waals surface area contributed by atoms with Crippen LogP contribution < -0.4 is 5.32 Å². The minimum Gasteiger partial charge on any atom is -0.294 e. The van der Waals surface area contributed by atoms with Gasteiger partial charge in [0.15, 0.2) is 0 Å². The predicted molar refractivity (Wildman–Crippen MR) is 57.4 cm³/mol. The molecule has 0 spiro atoms. The highest BCUT2D eigenvalue weighted by molar-refractivity contribution is 4.73. The van der Waals surface area contributed by atoms with Gasteiger partial charge in [0.2, 0.25) is 0 Å². The van der Waals surface area contributed by atoms with E-state index in [1.165, 1.54) is 51.4 Å². The molecule has 1 atom stereocenters. The molecule has 14 heavy (non-hydrogen) atoms. The van der Waals surface area contributed by atoms with Crippen LogP contribution in [0.5, 0.6) is 0 Å². The first-order valence-corrected chi connectivity index (χ1v) is 6.08. The molecule has 2 aliphatic rings. The van der Waals surface area contributed by atoms with Crippen LogP contribution in [-0.4, -0.2) is 18.8 Å². The van der Waals surface area contributed by atoms with E-state index in [-0.39, 0.29) is 0 Å². The summed E-state index contributed by atoms with van der Waals surface area (Å²) < 4.78 is 0. The average Bonchev–Trinajstić information content (AvgIpc) is 2.29. The normalized spacial score (nSPS) is 31.0. The Morgan fingerprint density at radius 1 is 0.786 bits per heavy atom. The molecule has 0 amide bonds. The molecule has 2 rings (SSSR count). The Bertz CT molecular complexity index is 159. The molecule has 0 aromatic carbocycles. The van der Waals surface area contributed by atoms with Crippen molar-refractivity contribution in [3.05, 3.63) is 0 Å². The summed E-state index contributed by atoms with van der Waals surface area (Å²) in [5, 5.41) is 12.3. The van der Waals surface area contributed by atoms with Crippen LogP contribution in [0.2, 0.25) is 0 Å². The lowest BCUT2D eigenvalue weighted by molar-refractivity contribution is 0.372. The molecular weight excluding hydrogens is 174 g/mol. The van der Waals surface area contributed by atoms with Crippen molar-refractivity contribution >= 4 is 0 Å². The lowest BCUT2D eigenvalue weighted by Crippen LogP contribution is -2.32. The van der Waals surface area contributed by atoms with Crippen molar-refractivity contribution in [2.45, 2.75) is 63.6 Å². The molecule has 0 radical (unpaired) electrons. The molecular formula is C11H21N3. The van der Waals surface area contributed by atoms with Crippen molar-refractivity contribution in [2.24, 2.45) is 10.2 Å². The number of piperidine rings is 1. The Kier molecular flexibility index (Phi) is 3.92. The van der Waals surface area contributed by atoms with E-state index in [1.807, 2.05) is 0 Å². The molecule has 1 aliphatic carbocycles. The first kappa shape index (κ1) is 10.1. The smallest absolute Gasteiger partial charge is 0.120 e. The molecule has 1 unspecified atom stereocenters. The highest BCUT2D eigenvalue weighted by Gasteiger charge is 2.14. The number of nitrogens with one attached hydrogen (secondary N) is 1. The molecule has 1 aliphatic heterocycles. The van der Waals surface area contributed by atoms with E-state index in [0.717, 1.165) is 6.54 Å². The van der Waals surface area contributed by atoms with E-state index in [4.69, 9.17) is 0 Å². The van der Waals surface area contributed by atoms with Gasteiger partial charge in [-0.1, -0.05) is 19.3 Å². The van der Waals surface area contributed by atoms with Crippen molar-refractivity contribution in [2.75, 3.05) is 6.54 Å². The van der Waals surface area contributed by atoms with Crippen LogP contribution in [-0.2, 0) is 0 Å². The molecule has 3 nitrogen and oxygen atoms in total.